The molecule has 0 amide bonds. The summed E-state index contributed by atoms with van der Waals surface area (Å²) in [4.78, 5) is 0. The molecule has 0 aliphatic rings. The Bertz CT molecular complexity index is 622. The first-order valence-corrected chi connectivity index (χ1v) is 7.36. The fourth-order valence-corrected chi connectivity index (χ4v) is 2.57. The van der Waals surface area contributed by atoms with Gasteiger partial charge in [0, 0.05) is 6.04 Å². The van der Waals surface area contributed by atoms with Crippen molar-refractivity contribution >= 4 is 10.8 Å². The highest BCUT2D eigenvalue weighted by Crippen LogP contribution is 2.25. The second-order valence-corrected chi connectivity index (χ2v) is 5.38. The molecule has 3 nitrogen and oxygen atoms in total. The first-order chi connectivity index (χ1) is 10.2. The first-order valence-electron chi connectivity index (χ1n) is 7.36. The van der Waals surface area contributed by atoms with Crippen LogP contribution in [0.25, 0.3) is 10.8 Å². The van der Waals surface area contributed by atoms with Crippen molar-refractivity contribution in [3.8, 4) is 5.75 Å². The summed E-state index contributed by atoms with van der Waals surface area (Å²) in [5, 5.41) is 2.44. The molecule has 0 spiro atoms. The molecule has 0 saturated carbocycles. The Morgan fingerprint density at radius 1 is 1.33 bits per heavy atom. The SMILES string of the molecule is C=C(CC)CC(Cc1cccc2ccc(OC)cc12)NN. The molecule has 2 aromatic rings. The number of benzene rings is 2. The number of ether oxygens (including phenoxy) is 1. The first kappa shape index (κ1) is 15.5. The lowest BCUT2D eigenvalue weighted by Gasteiger charge is -2.18. The Balaban J connectivity index is 2.29. The molecule has 0 heterocycles. The second-order valence-electron chi connectivity index (χ2n) is 5.38. The van der Waals surface area contributed by atoms with Crippen molar-refractivity contribution in [1.82, 2.24) is 5.43 Å². The van der Waals surface area contributed by atoms with E-state index in [4.69, 9.17) is 10.6 Å². The molecule has 0 radical (unpaired) electrons. The quantitative estimate of drug-likeness (QED) is 0.464. The summed E-state index contributed by atoms with van der Waals surface area (Å²) in [6, 6.07) is 12.7. The number of hydrazine groups is 1. The van der Waals surface area contributed by atoms with Gasteiger partial charge in [-0.25, -0.2) is 0 Å². The van der Waals surface area contributed by atoms with Crippen molar-refractivity contribution in [3.05, 3.63) is 54.1 Å². The molecule has 0 fully saturated rings. The third kappa shape index (κ3) is 3.84. The fraction of sp³-hybridized carbons (Fsp3) is 0.333. The van der Waals surface area contributed by atoms with Crippen LogP contribution in [0.15, 0.2) is 48.6 Å². The third-order valence-electron chi connectivity index (χ3n) is 3.92. The lowest BCUT2D eigenvalue weighted by atomic mass is 9.95. The predicted octanol–water partition coefficient (Wildman–Crippen LogP) is 3.58. The van der Waals surface area contributed by atoms with Crippen LogP contribution in [0.2, 0.25) is 0 Å². The van der Waals surface area contributed by atoms with Crippen LogP contribution in [0.5, 0.6) is 5.75 Å². The molecule has 0 aliphatic heterocycles. The fourth-order valence-electron chi connectivity index (χ4n) is 2.57. The summed E-state index contributed by atoms with van der Waals surface area (Å²) < 4.78 is 5.34. The van der Waals surface area contributed by atoms with Crippen LogP contribution in [0.3, 0.4) is 0 Å². The van der Waals surface area contributed by atoms with E-state index in [9.17, 15) is 0 Å². The van der Waals surface area contributed by atoms with Crippen molar-refractivity contribution in [3.63, 3.8) is 0 Å². The minimum atomic E-state index is 0.203. The smallest absolute Gasteiger partial charge is 0.119 e. The molecule has 0 aromatic heterocycles. The molecule has 0 saturated heterocycles. The van der Waals surface area contributed by atoms with Gasteiger partial charge in [0.2, 0.25) is 0 Å². The normalized spacial score (nSPS) is 12.3. The lowest BCUT2D eigenvalue weighted by molar-refractivity contribution is 0.415. The Morgan fingerprint density at radius 2 is 2.14 bits per heavy atom. The van der Waals surface area contributed by atoms with Gasteiger partial charge in [-0.05, 0) is 47.7 Å². The molecule has 0 aliphatic carbocycles. The van der Waals surface area contributed by atoms with Gasteiger partial charge in [-0.15, -0.1) is 0 Å². The van der Waals surface area contributed by atoms with Crippen molar-refractivity contribution in [2.45, 2.75) is 32.2 Å². The summed E-state index contributed by atoms with van der Waals surface area (Å²) in [5.41, 5.74) is 5.41. The minimum absolute atomic E-state index is 0.203. The molecule has 1 atom stereocenters. The highest BCUT2D eigenvalue weighted by atomic mass is 16.5. The summed E-state index contributed by atoms with van der Waals surface area (Å²) in [7, 11) is 1.69. The molecule has 1 unspecified atom stereocenters. The standard InChI is InChI=1S/C18H24N2O/c1-4-13(2)10-16(20-19)11-15-7-5-6-14-8-9-17(21-3)12-18(14)15/h5-9,12,16,20H,2,4,10-11,19H2,1,3H3. The average molecular weight is 284 g/mol. The van der Waals surface area contributed by atoms with E-state index in [2.05, 4.69) is 49.3 Å². The van der Waals surface area contributed by atoms with Gasteiger partial charge in [0.1, 0.15) is 5.75 Å². The minimum Gasteiger partial charge on any atom is -0.497 e. The van der Waals surface area contributed by atoms with E-state index in [0.29, 0.717) is 0 Å². The Hall–Kier alpha value is -1.84. The summed E-state index contributed by atoms with van der Waals surface area (Å²) in [6.07, 6.45) is 2.76. The van der Waals surface area contributed by atoms with Crippen LogP contribution in [0, 0.1) is 0 Å². The van der Waals surface area contributed by atoms with Crippen LogP contribution in [-0.4, -0.2) is 13.2 Å². The van der Waals surface area contributed by atoms with Crippen LogP contribution in [0.1, 0.15) is 25.3 Å². The second kappa shape index (κ2) is 7.25. The summed E-state index contributed by atoms with van der Waals surface area (Å²) in [5.74, 6) is 6.59. The topological polar surface area (TPSA) is 47.3 Å². The number of nitrogens with two attached hydrogens (primary N) is 1. The van der Waals surface area contributed by atoms with E-state index < -0.39 is 0 Å². The number of methoxy groups -OCH3 is 1. The Morgan fingerprint density at radius 3 is 2.81 bits per heavy atom. The number of hydrogen-bond donors (Lipinski definition) is 2. The molecule has 3 heteroatoms. The van der Waals surface area contributed by atoms with E-state index in [1.807, 2.05) is 6.07 Å². The van der Waals surface area contributed by atoms with E-state index in [0.717, 1.165) is 25.0 Å². The van der Waals surface area contributed by atoms with Crippen molar-refractivity contribution < 1.29 is 4.74 Å². The maximum absolute atomic E-state index is 5.71. The molecule has 3 N–H and O–H groups in total. The lowest BCUT2D eigenvalue weighted by Crippen LogP contribution is -2.37. The average Bonchev–Trinajstić information content (AvgIpc) is 2.53. The highest BCUT2D eigenvalue weighted by molar-refractivity contribution is 5.87. The van der Waals surface area contributed by atoms with Crippen molar-refractivity contribution in [2.75, 3.05) is 7.11 Å². The van der Waals surface area contributed by atoms with Gasteiger partial charge in [0.15, 0.2) is 0 Å². The largest absolute Gasteiger partial charge is 0.497 e. The van der Waals surface area contributed by atoms with Crippen molar-refractivity contribution in [1.29, 1.82) is 0 Å². The number of nitrogens with one attached hydrogen (secondary N) is 1. The zero-order valence-corrected chi connectivity index (χ0v) is 12.9. The van der Waals surface area contributed by atoms with Gasteiger partial charge in [0.05, 0.1) is 7.11 Å². The van der Waals surface area contributed by atoms with E-state index >= 15 is 0 Å². The van der Waals surface area contributed by atoms with Crippen LogP contribution in [0.4, 0.5) is 0 Å². The third-order valence-corrected chi connectivity index (χ3v) is 3.92. The van der Waals surface area contributed by atoms with Gasteiger partial charge in [-0.2, -0.15) is 0 Å². The van der Waals surface area contributed by atoms with Gasteiger partial charge < -0.3 is 4.74 Å². The zero-order chi connectivity index (χ0) is 15.2. The Kier molecular flexibility index (Phi) is 5.37. The van der Waals surface area contributed by atoms with Gasteiger partial charge in [-0.3, -0.25) is 11.3 Å². The van der Waals surface area contributed by atoms with Gasteiger partial charge in [0.25, 0.3) is 0 Å². The molecule has 112 valence electrons. The van der Waals surface area contributed by atoms with Crippen LogP contribution >= 0.6 is 0 Å². The van der Waals surface area contributed by atoms with Gasteiger partial charge >= 0.3 is 0 Å². The predicted molar refractivity (Wildman–Crippen MR) is 89.4 cm³/mol. The maximum atomic E-state index is 5.71. The molecule has 2 aromatic carbocycles. The molecular formula is C18H24N2O. The Labute approximate surface area is 126 Å². The zero-order valence-electron chi connectivity index (χ0n) is 12.9. The van der Waals surface area contributed by atoms with Crippen molar-refractivity contribution in [2.24, 2.45) is 5.84 Å². The van der Waals surface area contributed by atoms with E-state index in [1.165, 1.54) is 21.9 Å². The maximum Gasteiger partial charge on any atom is 0.119 e. The molecule has 0 bridgehead atoms. The number of hydrogen-bond acceptors (Lipinski definition) is 3. The number of fused-ring (bicyclic) bond motifs is 1. The van der Waals surface area contributed by atoms with Crippen LogP contribution in [-0.2, 0) is 6.42 Å². The number of rotatable bonds is 7. The molecule has 21 heavy (non-hydrogen) atoms. The summed E-state index contributed by atoms with van der Waals surface area (Å²) >= 11 is 0. The monoisotopic (exact) mass is 284 g/mol. The van der Waals surface area contributed by atoms with E-state index in [-0.39, 0.29) is 6.04 Å². The molecule has 2 rings (SSSR count). The summed E-state index contributed by atoms with van der Waals surface area (Å²) in [6.45, 7) is 6.20. The van der Waals surface area contributed by atoms with Crippen LogP contribution < -0.4 is 16.0 Å². The molecular weight excluding hydrogens is 260 g/mol. The highest BCUT2D eigenvalue weighted by Gasteiger charge is 2.11. The van der Waals surface area contributed by atoms with Gasteiger partial charge in [-0.1, -0.05) is 43.3 Å². The van der Waals surface area contributed by atoms with E-state index in [1.54, 1.807) is 7.11 Å².